The van der Waals surface area contributed by atoms with Crippen LogP contribution in [0.4, 0.5) is 8.78 Å². The number of rotatable bonds is 4. The normalized spacial score (nSPS) is 20.0. The molecule has 0 aliphatic heterocycles. The predicted molar refractivity (Wildman–Crippen MR) is 67.7 cm³/mol. The average Bonchev–Trinajstić information content (AvgIpc) is 2.77. The molecule has 1 aromatic rings. The Morgan fingerprint density at radius 2 is 1.83 bits per heavy atom. The molecule has 1 aliphatic rings. The first-order chi connectivity index (χ1) is 8.57. The lowest BCUT2D eigenvalue weighted by molar-refractivity contribution is 0.218. The first-order valence-electron chi connectivity index (χ1n) is 6.46. The van der Waals surface area contributed by atoms with Crippen molar-refractivity contribution in [2.75, 3.05) is 0 Å². The molecular formula is C14H20F2N2. The van der Waals surface area contributed by atoms with Gasteiger partial charge in [0.05, 0.1) is 0 Å². The summed E-state index contributed by atoms with van der Waals surface area (Å²) in [5.41, 5.74) is 2.92. The molecule has 0 heterocycles. The minimum Gasteiger partial charge on any atom is -0.271 e. The second kappa shape index (κ2) is 5.33. The van der Waals surface area contributed by atoms with E-state index in [4.69, 9.17) is 5.84 Å². The Balaban J connectivity index is 2.20. The van der Waals surface area contributed by atoms with Gasteiger partial charge in [0.1, 0.15) is 11.6 Å². The molecule has 2 rings (SSSR count). The van der Waals surface area contributed by atoms with Gasteiger partial charge in [-0.15, -0.1) is 0 Å². The van der Waals surface area contributed by atoms with Gasteiger partial charge in [-0.2, -0.15) is 0 Å². The van der Waals surface area contributed by atoms with E-state index in [0.717, 1.165) is 25.7 Å². The molecule has 1 atom stereocenters. The van der Waals surface area contributed by atoms with Gasteiger partial charge in [-0.3, -0.25) is 11.3 Å². The molecule has 0 bridgehead atoms. The van der Waals surface area contributed by atoms with Crippen molar-refractivity contribution in [2.24, 2.45) is 11.3 Å². The summed E-state index contributed by atoms with van der Waals surface area (Å²) >= 11 is 0. The molecule has 3 N–H and O–H groups in total. The standard InChI is InChI=1S/C14H20F2N2/c1-14(7-2-3-8-14)13(18-17)9-10-11(15)5-4-6-12(10)16/h4-6,13,18H,2-3,7-9,17H2,1H3. The van der Waals surface area contributed by atoms with Crippen molar-refractivity contribution in [2.45, 2.75) is 45.1 Å². The van der Waals surface area contributed by atoms with Crippen molar-refractivity contribution in [1.82, 2.24) is 5.43 Å². The number of nitrogens with two attached hydrogens (primary N) is 1. The quantitative estimate of drug-likeness (QED) is 0.640. The van der Waals surface area contributed by atoms with E-state index in [1.54, 1.807) is 0 Å². The summed E-state index contributed by atoms with van der Waals surface area (Å²) in [6.07, 6.45) is 4.73. The van der Waals surface area contributed by atoms with Gasteiger partial charge in [0.25, 0.3) is 0 Å². The largest absolute Gasteiger partial charge is 0.271 e. The Morgan fingerprint density at radius 3 is 2.33 bits per heavy atom. The van der Waals surface area contributed by atoms with Crippen molar-refractivity contribution in [3.05, 3.63) is 35.4 Å². The molecule has 0 aromatic heterocycles. The molecule has 2 nitrogen and oxygen atoms in total. The van der Waals surface area contributed by atoms with Crippen LogP contribution in [0.1, 0.15) is 38.2 Å². The predicted octanol–water partition coefficient (Wildman–Crippen LogP) is 2.92. The zero-order valence-electron chi connectivity index (χ0n) is 10.7. The van der Waals surface area contributed by atoms with E-state index in [1.807, 2.05) is 0 Å². The van der Waals surface area contributed by atoms with Crippen LogP contribution in [-0.2, 0) is 6.42 Å². The second-order valence-electron chi connectivity index (χ2n) is 5.48. The summed E-state index contributed by atoms with van der Waals surface area (Å²) in [4.78, 5) is 0. The van der Waals surface area contributed by atoms with Crippen molar-refractivity contribution in [3.63, 3.8) is 0 Å². The fraction of sp³-hybridized carbons (Fsp3) is 0.571. The maximum Gasteiger partial charge on any atom is 0.129 e. The van der Waals surface area contributed by atoms with E-state index in [2.05, 4.69) is 12.3 Å². The van der Waals surface area contributed by atoms with Gasteiger partial charge in [0.2, 0.25) is 0 Å². The van der Waals surface area contributed by atoms with Crippen molar-refractivity contribution < 1.29 is 8.78 Å². The van der Waals surface area contributed by atoms with E-state index in [1.165, 1.54) is 18.2 Å². The van der Waals surface area contributed by atoms with Crippen LogP contribution in [0.2, 0.25) is 0 Å². The highest BCUT2D eigenvalue weighted by Gasteiger charge is 2.37. The lowest BCUT2D eigenvalue weighted by Crippen LogP contribution is -2.47. The monoisotopic (exact) mass is 254 g/mol. The summed E-state index contributed by atoms with van der Waals surface area (Å²) in [5.74, 6) is 4.61. The molecule has 100 valence electrons. The van der Waals surface area contributed by atoms with E-state index in [9.17, 15) is 8.78 Å². The summed E-state index contributed by atoms with van der Waals surface area (Å²) in [7, 11) is 0. The number of halogens is 2. The third-order valence-electron chi connectivity index (χ3n) is 4.26. The second-order valence-corrected chi connectivity index (χ2v) is 5.48. The van der Waals surface area contributed by atoms with Crippen LogP contribution in [0.5, 0.6) is 0 Å². The van der Waals surface area contributed by atoms with Gasteiger partial charge >= 0.3 is 0 Å². The van der Waals surface area contributed by atoms with Gasteiger partial charge < -0.3 is 0 Å². The zero-order chi connectivity index (χ0) is 13.2. The Labute approximate surface area is 107 Å². The van der Waals surface area contributed by atoms with Crippen LogP contribution in [0.25, 0.3) is 0 Å². The minimum absolute atomic E-state index is 0.0312. The van der Waals surface area contributed by atoms with E-state index >= 15 is 0 Å². The molecule has 18 heavy (non-hydrogen) atoms. The molecule has 0 amide bonds. The lowest BCUT2D eigenvalue weighted by atomic mass is 9.78. The van der Waals surface area contributed by atoms with Gasteiger partial charge in [-0.25, -0.2) is 8.78 Å². The van der Waals surface area contributed by atoms with Crippen LogP contribution in [0.3, 0.4) is 0 Å². The first-order valence-corrected chi connectivity index (χ1v) is 6.46. The number of hydrazine groups is 1. The maximum absolute atomic E-state index is 13.7. The van der Waals surface area contributed by atoms with Crippen molar-refractivity contribution >= 4 is 0 Å². The van der Waals surface area contributed by atoms with Gasteiger partial charge in [0, 0.05) is 11.6 Å². The molecule has 1 aromatic carbocycles. The van der Waals surface area contributed by atoms with Gasteiger partial charge in [-0.1, -0.05) is 25.8 Å². The van der Waals surface area contributed by atoms with Crippen LogP contribution >= 0.6 is 0 Å². The molecule has 0 spiro atoms. The average molecular weight is 254 g/mol. The summed E-state index contributed by atoms with van der Waals surface area (Å²) < 4.78 is 27.3. The topological polar surface area (TPSA) is 38.0 Å². The molecular weight excluding hydrogens is 234 g/mol. The van der Waals surface area contributed by atoms with Crippen LogP contribution < -0.4 is 11.3 Å². The van der Waals surface area contributed by atoms with Crippen molar-refractivity contribution in [3.8, 4) is 0 Å². The molecule has 1 fully saturated rings. The molecule has 0 saturated heterocycles. The first kappa shape index (κ1) is 13.4. The molecule has 1 saturated carbocycles. The third kappa shape index (κ3) is 2.54. The summed E-state index contributed by atoms with van der Waals surface area (Å²) in [6, 6.07) is 3.88. The Kier molecular flexibility index (Phi) is 3.97. The van der Waals surface area contributed by atoms with Crippen LogP contribution in [0, 0.1) is 17.0 Å². The van der Waals surface area contributed by atoms with E-state index in [0.29, 0.717) is 6.42 Å². The van der Waals surface area contributed by atoms with Crippen LogP contribution in [0.15, 0.2) is 18.2 Å². The zero-order valence-corrected chi connectivity index (χ0v) is 10.7. The minimum atomic E-state index is -0.489. The fourth-order valence-electron chi connectivity index (χ4n) is 2.97. The molecule has 1 unspecified atom stereocenters. The lowest BCUT2D eigenvalue weighted by Gasteiger charge is -2.33. The van der Waals surface area contributed by atoms with Crippen LogP contribution in [-0.4, -0.2) is 6.04 Å². The SMILES string of the molecule is CC1(C(Cc2c(F)cccc2F)NN)CCCC1. The summed E-state index contributed by atoms with van der Waals surface area (Å²) in [5, 5.41) is 0. The van der Waals surface area contributed by atoms with E-state index < -0.39 is 11.6 Å². The smallest absolute Gasteiger partial charge is 0.129 e. The van der Waals surface area contributed by atoms with Gasteiger partial charge in [0.15, 0.2) is 0 Å². The van der Waals surface area contributed by atoms with Crippen molar-refractivity contribution in [1.29, 1.82) is 0 Å². The summed E-state index contributed by atoms with van der Waals surface area (Å²) in [6.45, 7) is 2.14. The number of nitrogens with one attached hydrogen (secondary N) is 1. The molecule has 0 radical (unpaired) electrons. The Morgan fingerprint density at radius 1 is 1.28 bits per heavy atom. The number of benzene rings is 1. The highest BCUT2D eigenvalue weighted by molar-refractivity contribution is 5.21. The Hall–Kier alpha value is -1.00. The highest BCUT2D eigenvalue weighted by atomic mass is 19.1. The highest BCUT2D eigenvalue weighted by Crippen LogP contribution is 2.41. The maximum atomic E-state index is 13.7. The molecule has 4 heteroatoms. The number of hydrogen-bond donors (Lipinski definition) is 2. The van der Waals surface area contributed by atoms with Gasteiger partial charge in [-0.05, 0) is 36.8 Å². The third-order valence-corrected chi connectivity index (χ3v) is 4.26. The Bertz CT molecular complexity index is 394. The fourth-order valence-corrected chi connectivity index (χ4v) is 2.97. The van der Waals surface area contributed by atoms with E-state index in [-0.39, 0.29) is 17.0 Å². The molecule has 1 aliphatic carbocycles. The number of hydrogen-bond acceptors (Lipinski definition) is 2.